The van der Waals surface area contributed by atoms with Crippen LogP contribution in [0.5, 0.6) is 0 Å². The van der Waals surface area contributed by atoms with Crippen LogP contribution in [0.2, 0.25) is 0 Å². The van der Waals surface area contributed by atoms with Gasteiger partial charge in [-0.25, -0.2) is 0 Å². The zero-order valence-electron chi connectivity index (χ0n) is 8.37. The topological polar surface area (TPSA) is 12.0 Å². The molecule has 0 spiro atoms. The summed E-state index contributed by atoms with van der Waals surface area (Å²) in [5.74, 6) is 0. The van der Waals surface area contributed by atoms with Gasteiger partial charge < -0.3 is 4.72 Å². The molecule has 2 heteroatoms. The summed E-state index contributed by atoms with van der Waals surface area (Å²) in [5.41, 5.74) is 1.24. The molecule has 72 valence electrons. The zero-order chi connectivity index (χ0) is 9.97. The lowest BCUT2D eigenvalue weighted by Crippen LogP contribution is -1.75. The van der Waals surface area contributed by atoms with Crippen molar-refractivity contribution in [3.63, 3.8) is 0 Å². The normalized spacial score (nSPS) is 11.9. The number of hydrogen-bond acceptors (Lipinski definition) is 2. The van der Waals surface area contributed by atoms with Gasteiger partial charge in [-0.05, 0) is 29.5 Å². The van der Waals surface area contributed by atoms with Crippen molar-refractivity contribution in [2.75, 3.05) is 4.72 Å². The van der Waals surface area contributed by atoms with Gasteiger partial charge in [0.25, 0.3) is 0 Å². The first-order valence-corrected chi connectivity index (χ1v) is 5.71. The molecule has 0 aromatic heterocycles. The predicted molar refractivity (Wildman–Crippen MR) is 64.8 cm³/mol. The minimum absolute atomic E-state index is 1.24. The Kier molecular flexibility index (Phi) is 2.64. The van der Waals surface area contributed by atoms with E-state index < -0.39 is 0 Å². The monoisotopic (exact) mass is 203 g/mol. The number of hydrogen-bond donors (Lipinski definition) is 1. The maximum absolute atomic E-state index is 3.29. The fourth-order valence-corrected chi connectivity index (χ4v) is 2.45. The van der Waals surface area contributed by atoms with Crippen molar-refractivity contribution < 1.29 is 0 Å². The van der Waals surface area contributed by atoms with Gasteiger partial charge in [-0.3, -0.25) is 0 Å². The second kappa shape index (κ2) is 3.93. The molecule has 3 rings (SSSR count). The molecule has 1 heterocycles. The highest BCUT2D eigenvalue weighted by molar-refractivity contribution is 8.01. The Hall–Kier alpha value is -1.15. The lowest BCUT2D eigenvalue weighted by Gasteiger charge is -1.97. The maximum Gasteiger partial charge on any atom is 0.0533 e. The van der Waals surface area contributed by atoms with E-state index in [1.165, 1.54) is 21.4 Å². The van der Waals surface area contributed by atoms with Crippen LogP contribution in [0.25, 0.3) is 10.8 Å². The third-order valence-electron chi connectivity index (χ3n) is 2.14. The van der Waals surface area contributed by atoms with Crippen molar-refractivity contribution in [2.24, 2.45) is 0 Å². The zero-order valence-corrected chi connectivity index (χ0v) is 9.19. The molecule has 0 amide bonds. The van der Waals surface area contributed by atoms with Crippen LogP contribution < -0.4 is 4.72 Å². The first-order chi connectivity index (χ1) is 6.95. The third-order valence-corrected chi connectivity index (χ3v) is 3.02. The summed E-state index contributed by atoms with van der Waals surface area (Å²) < 4.78 is 3.29. The van der Waals surface area contributed by atoms with Crippen molar-refractivity contribution in [1.82, 2.24) is 0 Å². The van der Waals surface area contributed by atoms with Crippen molar-refractivity contribution >= 4 is 28.4 Å². The van der Waals surface area contributed by atoms with Gasteiger partial charge in [0.1, 0.15) is 0 Å². The predicted octanol–water partition coefficient (Wildman–Crippen LogP) is 4.30. The van der Waals surface area contributed by atoms with Gasteiger partial charge in [0.15, 0.2) is 0 Å². The molecule has 0 atom stereocenters. The molecular weight excluding hydrogens is 190 g/mol. The van der Waals surface area contributed by atoms with Gasteiger partial charge in [0.05, 0.1) is 5.69 Å². The Morgan fingerprint density at radius 3 is 2.50 bits per heavy atom. The molecule has 1 nitrogen and oxygen atoms in total. The Bertz CT molecular complexity index is 412. The Morgan fingerprint density at radius 1 is 1.00 bits per heavy atom. The Morgan fingerprint density at radius 2 is 1.71 bits per heavy atom. The van der Waals surface area contributed by atoms with E-state index in [0.717, 1.165) is 0 Å². The van der Waals surface area contributed by atoms with Crippen LogP contribution in [0.15, 0.2) is 41.3 Å². The van der Waals surface area contributed by atoms with Crippen molar-refractivity contribution in [3.8, 4) is 0 Å². The molecule has 0 radical (unpaired) electrons. The highest BCUT2D eigenvalue weighted by Crippen LogP contribution is 2.40. The van der Waals surface area contributed by atoms with Gasteiger partial charge in [0, 0.05) is 10.3 Å². The standard InChI is InChI=1S/C10H7NS.C2H6/c1-3-7-4-2-6-9-10(7)8(5-1)11-12-9;1-2/h1-6,11H;1-2H3. The highest BCUT2D eigenvalue weighted by atomic mass is 32.2. The van der Waals surface area contributed by atoms with Crippen LogP contribution in [-0.2, 0) is 0 Å². The Labute approximate surface area is 88.7 Å². The summed E-state index contributed by atoms with van der Waals surface area (Å²) in [7, 11) is 0. The summed E-state index contributed by atoms with van der Waals surface area (Å²) in [4.78, 5) is 1.34. The molecule has 1 N–H and O–H groups in total. The summed E-state index contributed by atoms with van der Waals surface area (Å²) in [5, 5.41) is 2.69. The maximum atomic E-state index is 3.29. The number of anilines is 1. The molecule has 0 saturated carbocycles. The largest absolute Gasteiger partial charge is 0.325 e. The van der Waals surface area contributed by atoms with Crippen molar-refractivity contribution in [2.45, 2.75) is 18.7 Å². The second-order valence-electron chi connectivity index (χ2n) is 2.86. The molecule has 1 aliphatic rings. The molecule has 2 aromatic rings. The second-order valence-corrected chi connectivity index (χ2v) is 3.71. The first-order valence-electron chi connectivity index (χ1n) is 4.90. The lowest BCUT2D eigenvalue weighted by molar-refractivity contribution is 1.50. The first kappa shape index (κ1) is 9.41. The Balaban J connectivity index is 0.000000354. The van der Waals surface area contributed by atoms with E-state index in [1.807, 2.05) is 13.8 Å². The van der Waals surface area contributed by atoms with E-state index >= 15 is 0 Å². The van der Waals surface area contributed by atoms with Crippen LogP contribution >= 0.6 is 11.9 Å². The van der Waals surface area contributed by atoms with E-state index in [0.29, 0.717) is 0 Å². The van der Waals surface area contributed by atoms with Crippen molar-refractivity contribution in [3.05, 3.63) is 36.4 Å². The highest BCUT2D eigenvalue weighted by Gasteiger charge is 2.12. The van der Waals surface area contributed by atoms with Crippen LogP contribution in [-0.4, -0.2) is 0 Å². The van der Waals surface area contributed by atoms with Crippen molar-refractivity contribution in [1.29, 1.82) is 0 Å². The quantitative estimate of drug-likeness (QED) is 0.641. The van der Waals surface area contributed by atoms with E-state index in [2.05, 4.69) is 41.1 Å². The van der Waals surface area contributed by atoms with Gasteiger partial charge in [-0.1, -0.05) is 38.1 Å². The molecule has 0 fully saturated rings. The van der Waals surface area contributed by atoms with Crippen LogP contribution in [0, 0.1) is 0 Å². The summed E-state index contributed by atoms with van der Waals surface area (Å²) >= 11 is 1.70. The molecule has 14 heavy (non-hydrogen) atoms. The fourth-order valence-electron chi connectivity index (χ4n) is 1.59. The van der Waals surface area contributed by atoms with E-state index in [-0.39, 0.29) is 0 Å². The molecule has 0 aliphatic carbocycles. The molecule has 2 aromatic carbocycles. The summed E-state index contributed by atoms with van der Waals surface area (Å²) in [6.07, 6.45) is 0. The van der Waals surface area contributed by atoms with Gasteiger partial charge in [-0.2, -0.15) is 0 Å². The minimum atomic E-state index is 1.24. The number of rotatable bonds is 0. The summed E-state index contributed by atoms with van der Waals surface area (Å²) in [6.45, 7) is 4.00. The van der Waals surface area contributed by atoms with Crippen LogP contribution in [0.1, 0.15) is 13.8 Å². The lowest BCUT2D eigenvalue weighted by atomic mass is 10.1. The summed E-state index contributed by atoms with van der Waals surface area (Å²) in [6, 6.07) is 12.7. The minimum Gasteiger partial charge on any atom is -0.325 e. The molecule has 0 saturated heterocycles. The van der Waals surface area contributed by atoms with E-state index in [9.17, 15) is 0 Å². The van der Waals surface area contributed by atoms with Crippen LogP contribution in [0.3, 0.4) is 0 Å². The number of benzene rings is 2. The molecule has 0 unspecified atom stereocenters. The molecule has 0 bridgehead atoms. The van der Waals surface area contributed by atoms with E-state index in [1.54, 1.807) is 11.9 Å². The average Bonchev–Trinajstić information content (AvgIpc) is 2.68. The van der Waals surface area contributed by atoms with Gasteiger partial charge >= 0.3 is 0 Å². The average molecular weight is 203 g/mol. The smallest absolute Gasteiger partial charge is 0.0533 e. The fraction of sp³-hybridized carbons (Fsp3) is 0.167. The van der Waals surface area contributed by atoms with Crippen LogP contribution in [0.4, 0.5) is 5.69 Å². The van der Waals surface area contributed by atoms with Gasteiger partial charge in [0.2, 0.25) is 0 Å². The van der Waals surface area contributed by atoms with Gasteiger partial charge in [-0.15, -0.1) is 0 Å². The number of nitrogens with one attached hydrogen (secondary N) is 1. The SMILES string of the molecule is CC.c1cc2c3c(cccc3c1)SN2. The van der Waals surface area contributed by atoms with E-state index in [4.69, 9.17) is 0 Å². The third kappa shape index (κ3) is 1.36. The molecular formula is C12H13NS. The molecule has 1 aliphatic heterocycles.